The molecule has 3 atom stereocenters. The fourth-order valence-corrected chi connectivity index (χ4v) is 3.74. The van der Waals surface area contributed by atoms with Crippen LogP contribution in [0.3, 0.4) is 0 Å². The van der Waals surface area contributed by atoms with Gasteiger partial charge in [0.25, 0.3) is 5.91 Å². The molecule has 0 saturated carbocycles. The third kappa shape index (κ3) is 4.85. The van der Waals surface area contributed by atoms with Gasteiger partial charge in [-0.25, -0.2) is 4.79 Å². The average molecular weight is 400 g/mol. The Morgan fingerprint density at radius 3 is 2.72 bits per heavy atom. The molecule has 0 aliphatic carbocycles. The first kappa shape index (κ1) is 21.0. The van der Waals surface area contributed by atoms with E-state index in [1.807, 2.05) is 18.2 Å². The number of carbonyl (C=O) groups excluding carboxylic acids is 3. The number of alkyl carbamates (subject to hydrolysis) is 1. The van der Waals surface area contributed by atoms with E-state index in [4.69, 9.17) is 9.47 Å². The van der Waals surface area contributed by atoms with Crippen LogP contribution in [0.15, 0.2) is 36.9 Å². The summed E-state index contributed by atoms with van der Waals surface area (Å²) in [6.45, 7) is 9.46. The zero-order valence-corrected chi connectivity index (χ0v) is 17.1. The van der Waals surface area contributed by atoms with E-state index in [-0.39, 0.29) is 30.8 Å². The average Bonchev–Trinajstić information content (AvgIpc) is 2.66. The molecule has 0 aromatic heterocycles. The Morgan fingerprint density at radius 2 is 2.03 bits per heavy atom. The topological polar surface area (TPSA) is 84.9 Å². The number of hydrogen-bond acceptors (Lipinski definition) is 5. The molecule has 2 aliphatic heterocycles. The van der Waals surface area contributed by atoms with Crippen molar-refractivity contribution < 1.29 is 23.9 Å². The highest BCUT2D eigenvalue weighted by molar-refractivity contribution is 5.91. The van der Waals surface area contributed by atoms with Crippen LogP contribution in [0.4, 0.5) is 4.79 Å². The van der Waals surface area contributed by atoms with E-state index in [9.17, 15) is 14.4 Å². The van der Waals surface area contributed by atoms with Crippen LogP contribution in [0, 0.1) is 0 Å². The Kier molecular flexibility index (Phi) is 6.07. The predicted octanol–water partition coefficient (Wildman–Crippen LogP) is 2.55. The van der Waals surface area contributed by atoms with E-state index in [0.717, 1.165) is 12.0 Å². The molecular weight excluding hydrogens is 372 g/mol. The van der Waals surface area contributed by atoms with Crippen LogP contribution < -0.4 is 5.32 Å². The van der Waals surface area contributed by atoms with Gasteiger partial charge in [0.1, 0.15) is 18.3 Å². The summed E-state index contributed by atoms with van der Waals surface area (Å²) >= 11 is 0. The molecule has 0 bridgehead atoms. The number of hydrogen-bond donors (Lipinski definition) is 1. The van der Waals surface area contributed by atoms with Gasteiger partial charge in [0, 0.05) is 13.0 Å². The van der Waals surface area contributed by atoms with E-state index in [2.05, 4.69) is 18.0 Å². The molecule has 29 heavy (non-hydrogen) atoms. The van der Waals surface area contributed by atoms with Gasteiger partial charge in [0.2, 0.25) is 0 Å². The molecule has 1 aromatic rings. The van der Waals surface area contributed by atoms with Crippen molar-refractivity contribution >= 4 is 17.8 Å². The van der Waals surface area contributed by atoms with E-state index in [1.165, 1.54) is 5.56 Å². The first-order chi connectivity index (χ1) is 13.7. The highest BCUT2D eigenvalue weighted by Gasteiger charge is 2.39. The SMILES string of the molecule is C=C[C@H]1c2ccccc2CCN1C(=O)[C@H]1C[C@H](NC(=O)OC(C)(C)C)C(=O)CO1. The Balaban J connectivity index is 1.70. The number of Topliss-reactive ketones (excluding diaryl/α,β-unsaturated/α-hetero) is 1. The summed E-state index contributed by atoms with van der Waals surface area (Å²) in [5.74, 6) is -0.475. The molecule has 2 amide bonds. The molecule has 1 N–H and O–H groups in total. The molecule has 0 radical (unpaired) electrons. The number of ether oxygens (including phenoxy) is 2. The van der Waals surface area contributed by atoms with E-state index < -0.39 is 23.8 Å². The summed E-state index contributed by atoms with van der Waals surface area (Å²) in [6.07, 6.45) is 1.09. The van der Waals surface area contributed by atoms with Crippen molar-refractivity contribution in [1.29, 1.82) is 0 Å². The maximum absolute atomic E-state index is 13.2. The minimum atomic E-state index is -0.813. The highest BCUT2D eigenvalue weighted by Crippen LogP contribution is 2.32. The van der Waals surface area contributed by atoms with Crippen molar-refractivity contribution in [3.05, 3.63) is 48.0 Å². The first-order valence-corrected chi connectivity index (χ1v) is 9.84. The first-order valence-electron chi connectivity index (χ1n) is 9.84. The zero-order chi connectivity index (χ0) is 21.2. The van der Waals surface area contributed by atoms with Gasteiger partial charge >= 0.3 is 6.09 Å². The minimum absolute atomic E-state index is 0.0823. The highest BCUT2D eigenvalue weighted by atomic mass is 16.6. The Bertz CT molecular complexity index is 814. The van der Waals surface area contributed by atoms with Crippen LogP contribution in [-0.2, 0) is 25.5 Å². The molecule has 1 saturated heterocycles. The summed E-state index contributed by atoms with van der Waals surface area (Å²) in [5, 5.41) is 2.57. The van der Waals surface area contributed by atoms with Gasteiger partial charge in [-0.15, -0.1) is 6.58 Å². The molecule has 2 heterocycles. The number of nitrogens with zero attached hydrogens (tertiary/aromatic N) is 1. The lowest BCUT2D eigenvalue weighted by molar-refractivity contribution is -0.154. The number of amides is 2. The second kappa shape index (κ2) is 8.37. The van der Waals surface area contributed by atoms with Crippen LogP contribution in [0.25, 0.3) is 0 Å². The predicted molar refractivity (Wildman–Crippen MR) is 107 cm³/mol. The van der Waals surface area contributed by atoms with Crippen molar-refractivity contribution in [2.45, 2.75) is 57.4 Å². The van der Waals surface area contributed by atoms with Crippen LogP contribution in [0.5, 0.6) is 0 Å². The lowest BCUT2D eigenvalue weighted by atomic mass is 9.91. The van der Waals surface area contributed by atoms with Crippen molar-refractivity contribution in [3.63, 3.8) is 0 Å². The molecule has 7 heteroatoms. The second-order valence-corrected chi connectivity index (χ2v) is 8.36. The number of carbonyl (C=O) groups is 3. The molecular formula is C22H28N2O5. The molecule has 0 spiro atoms. The number of ketones is 1. The van der Waals surface area contributed by atoms with Gasteiger partial charge in [-0.2, -0.15) is 0 Å². The monoisotopic (exact) mass is 400 g/mol. The maximum Gasteiger partial charge on any atom is 0.408 e. The van der Waals surface area contributed by atoms with Gasteiger partial charge < -0.3 is 19.7 Å². The van der Waals surface area contributed by atoms with Crippen molar-refractivity contribution in [2.24, 2.45) is 0 Å². The summed E-state index contributed by atoms with van der Waals surface area (Å²) < 4.78 is 10.8. The van der Waals surface area contributed by atoms with Crippen LogP contribution in [0.2, 0.25) is 0 Å². The Labute approximate surface area is 171 Å². The van der Waals surface area contributed by atoms with Crippen LogP contribution in [0.1, 0.15) is 44.4 Å². The van der Waals surface area contributed by atoms with E-state index in [0.29, 0.717) is 6.54 Å². The molecule has 2 aliphatic rings. The van der Waals surface area contributed by atoms with Gasteiger partial charge in [-0.05, 0) is 38.3 Å². The zero-order valence-electron chi connectivity index (χ0n) is 17.1. The third-order valence-corrected chi connectivity index (χ3v) is 5.07. The Hall–Kier alpha value is -2.67. The fourth-order valence-electron chi connectivity index (χ4n) is 3.74. The number of fused-ring (bicyclic) bond motifs is 1. The maximum atomic E-state index is 13.2. The molecule has 3 rings (SSSR count). The lowest BCUT2D eigenvalue weighted by Gasteiger charge is -2.39. The molecule has 1 fully saturated rings. The number of nitrogens with one attached hydrogen (secondary N) is 1. The summed E-state index contributed by atoms with van der Waals surface area (Å²) in [7, 11) is 0. The van der Waals surface area contributed by atoms with Gasteiger partial charge in [-0.3, -0.25) is 9.59 Å². The van der Waals surface area contributed by atoms with Crippen molar-refractivity contribution in [3.8, 4) is 0 Å². The van der Waals surface area contributed by atoms with Crippen LogP contribution >= 0.6 is 0 Å². The normalized spacial score (nSPS) is 24.4. The standard InChI is InChI=1S/C22H28N2O5/c1-5-17-15-9-7-6-8-14(15)10-11-24(17)20(26)19-12-16(18(25)13-28-19)23-21(27)29-22(2,3)4/h5-9,16-17,19H,1,10-13H2,2-4H3,(H,23,27)/t16-,17-,19+/m0/s1. The van der Waals surface area contributed by atoms with Gasteiger partial charge in [0.05, 0.1) is 12.1 Å². The fraction of sp³-hybridized carbons (Fsp3) is 0.500. The molecule has 7 nitrogen and oxygen atoms in total. The number of benzene rings is 1. The molecule has 1 aromatic carbocycles. The summed E-state index contributed by atoms with van der Waals surface area (Å²) in [5.41, 5.74) is 1.58. The van der Waals surface area contributed by atoms with Crippen molar-refractivity contribution in [2.75, 3.05) is 13.2 Å². The molecule has 156 valence electrons. The van der Waals surface area contributed by atoms with E-state index >= 15 is 0 Å². The quantitative estimate of drug-likeness (QED) is 0.789. The summed E-state index contributed by atoms with van der Waals surface area (Å²) in [6, 6.07) is 6.93. The minimum Gasteiger partial charge on any atom is -0.444 e. The lowest BCUT2D eigenvalue weighted by Crippen LogP contribution is -2.54. The second-order valence-electron chi connectivity index (χ2n) is 8.36. The number of rotatable bonds is 3. The summed E-state index contributed by atoms with van der Waals surface area (Å²) in [4.78, 5) is 39.2. The smallest absolute Gasteiger partial charge is 0.408 e. The van der Waals surface area contributed by atoms with Crippen molar-refractivity contribution in [1.82, 2.24) is 10.2 Å². The van der Waals surface area contributed by atoms with Gasteiger partial charge in [-0.1, -0.05) is 30.3 Å². The van der Waals surface area contributed by atoms with E-state index in [1.54, 1.807) is 31.7 Å². The largest absolute Gasteiger partial charge is 0.444 e. The van der Waals surface area contributed by atoms with Gasteiger partial charge in [0.15, 0.2) is 5.78 Å². The van der Waals surface area contributed by atoms with Crippen LogP contribution in [-0.4, -0.2) is 53.6 Å². The Morgan fingerprint density at radius 1 is 1.31 bits per heavy atom. The molecule has 0 unspecified atom stereocenters. The third-order valence-electron chi connectivity index (χ3n) is 5.07.